The molecule has 0 saturated heterocycles. The van der Waals surface area contributed by atoms with Crippen LogP contribution in [0.3, 0.4) is 0 Å². The summed E-state index contributed by atoms with van der Waals surface area (Å²) in [5.41, 5.74) is 3.05. The first-order valence-electron chi connectivity index (χ1n) is 9.12. The molecule has 0 aliphatic heterocycles. The van der Waals surface area contributed by atoms with E-state index in [0.717, 1.165) is 47.7 Å². The van der Waals surface area contributed by atoms with Gasteiger partial charge in [-0.1, -0.05) is 0 Å². The van der Waals surface area contributed by atoms with Gasteiger partial charge in [0, 0.05) is 29.2 Å². The number of rotatable bonds is 5. The van der Waals surface area contributed by atoms with Crippen LogP contribution in [0.1, 0.15) is 41.1 Å². The highest BCUT2D eigenvalue weighted by Gasteiger charge is 2.21. The Morgan fingerprint density at radius 3 is 2.65 bits per heavy atom. The van der Waals surface area contributed by atoms with Crippen LogP contribution in [0.15, 0.2) is 30.6 Å². The number of carbonyl (C=O) groups is 1. The van der Waals surface area contributed by atoms with Gasteiger partial charge in [-0.25, -0.2) is 9.97 Å². The maximum Gasteiger partial charge on any atom is 0.253 e. The Bertz CT molecular complexity index is 944. The summed E-state index contributed by atoms with van der Waals surface area (Å²) in [7, 11) is 0. The highest BCUT2D eigenvalue weighted by atomic mass is 32.1. The van der Waals surface area contributed by atoms with Crippen molar-refractivity contribution in [3.63, 3.8) is 0 Å². The molecule has 2 heterocycles. The van der Waals surface area contributed by atoms with Crippen molar-refractivity contribution >= 4 is 39.0 Å². The summed E-state index contributed by atoms with van der Waals surface area (Å²) in [6.45, 7) is 5.43. The fraction of sp³-hybridized carbons (Fsp3) is 0.350. The number of benzene rings is 1. The number of aromatic nitrogens is 2. The molecular formula is C20H22N4OS. The molecule has 1 amide bonds. The molecule has 4 rings (SSSR count). The first-order chi connectivity index (χ1) is 12.7. The Balaban J connectivity index is 1.60. The van der Waals surface area contributed by atoms with Crippen LogP contribution in [-0.4, -0.2) is 33.9 Å². The lowest BCUT2D eigenvalue weighted by Gasteiger charge is -2.18. The molecule has 1 aliphatic rings. The molecule has 1 aromatic carbocycles. The molecular weight excluding hydrogens is 344 g/mol. The van der Waals surface area contributed by atoms with Gasteiger partial charge in [0.1, 0.15) is 17.0 Å². The van der Waals surface area contributed by atoms with Crippen molar-refractivity contribution in [3.05, 3.63) is 46.6 Å². The lowest BCUT2D eigenvalue weighted by molar-refractivity contribution is 0.0773. The standard InChI is InChI=1S/C20H22N4OS/c1-3-24(4-2)20(25)13-8-10-14(11-9-13)23-18-17-15-6-5-7-16(15)26-19(17)22-12-21-18/h8-12H,3-7H2,1-2H3,(H,21,22,23). The average Bonchev–Trinajstić information content (AvgIpc) is 3.24. The molecule has 1 aliphatic carbocycles. The topological polar surface area (TPSA) is 58.1 Å². The second-order valence-corrected chi connectivity index (χ2v) is 7.52. The Hall–Kier alpha value is -2.47. The maximum absolute atomic E-state index is 12.4. The minimum Gasteiger partial charge on any atom is -0.340 e. The van der Waals surface area contributed by atoms with Crippen LogP contribution >= 0.6 is 11.3 Å². The lowest BCUT2D eigenvalue weighted by Crippen LogP contribution is -2.30. The number of aryl methyl sites for hydroxylation is 2. The fourth-order valence-electron chi connectivity index (χ4n) is 3.55. The molecule has 134 valence electrons. The zero-order chi connectivity index (χ0) is 18.1. The van der Waals surface area contributed by atoms with Crippen molar-refractivity contribution < 1.29 is 4.79 Å². The van der Waals surface area contributed by atoms with E-state index in [2.05, 4.69) is 15.3 Å². The molecule has 2 aromatic heterocycles. The largest absolute Gasteiger partial charge is 0.340 e. The highest BCUT2D eigenvalue weighted by molar-refractivity contribution is 7.19. The lowest BCUT2D eigenvalue weighted by atomic mass is 10.1. The normalized spacial score (nSPS) is 13.0. The monoisotopic (exact) mass is 366 g/mol. The number of nitrogens with zero attached hydrogens (tertiary/aromatic N) is 3. The maximum atomic E-state index is 12.4. The van der Waals surface area contributed by atoms with E-state index >= 15 is 0 Å². The summed E-state index contributed by atoms with van der Waals surface area (Å²) in [4.78, 5) is 25.7. The zero-order valence-corrected chi connectivity index (χ0v) is 15.9. The van der Waals surface area contributed by atoms with Gasteiger partial charge in [-0.05, 0) is 62.9 Å². The van der Waals surface area contributed by atoms with E-state index in [0.29, 0.717) is 5.56 Å². The minimum atomic E-state index is 0.0710. The van der Waals surface area contributed by atoms with Crippen molar-refractivity contribution in [2.24, 2.45) is 0 Å². The Morgan fingerprint density at radius 2 is 1.92 bits per heavy atom. The quantitative estimate of drug-likeness (QED) is 0.727. The van der Waals surface area contributed by atoms with E-state index in [4.69, 9.17) is 0 Å². The average molecular weight is 366 g/mol. The smallest absolute Gasteiger partial charge is 0.253 e. The van der Waals surface area contributed by atoms with E-state index in [-0.39, 0.29) is 5.91 Å². The van der Waals surface area contributed by atoms with Gasteiger partial charge in [-0.3, -0.25) is 4.79 Å². The predicted molar refractivity (Wildman–Crippen MR) is 106 cm³/mol. The molecule has 6 heteroatoms. The number of hydrogen-bond acceptors (Lipinski definition) is 5. The third-order valence-electron chi connectivity index (χ3n) is 4.95. The summed E-state index contributed by atoms with van der Waals surface area (Å²) >= 11 is 1.78. The van der Waals surface area contributed by atoms with E-state index in [1.54, 1.807) is 17.7 Å². The summed E-state index contributed by atoms with van der Waals surface area (Å²) in [6, 6.07) is 7.63. The number of nitrogens with one attached hydrogen (secondary N) is 1. The number of anilines is 2. The Labute approximate surface area is 157 Å². The molecule has 1 N–H and O–H groups in total. The first-order valence-corrected chi connectivity index (χ1v) is 9.94. The van der Waals surface area contributed by atoms with Crippen molar-refractivity contribution in [1.29, 1.82) is 0 Å². The van der Waals surface area contributed by atoms with Crippen molar-refractivity contribution in [1.82, 2.24) is 14.9 Å². The first kappa shape index (κ1) is 17.0. The van der Waals surface area contributed by atoms with Gasteiger partial charge in [0.15, 0.2) is 0 Å². The SMILES string of the molecule is CCN(CC)C(=O)c1ccc(Nc2ncnc3sc4c(c23)CCC4)cc1. The molecule has 26 heavy (non-hydrogen) atoms. The molecule has 5 nitrogen and oxygen atoms in total. The zero-order valence-electron chi connectivity index (χ0n) is 15.1. The molecule has 0 spiro atoms. The molecule has 0 saturated carbocycles. The van der Waals surface area contributed by atoms with Gasteiger partial charge >= 0.3 is 0 Å². The molecule has 3 aromatic rings. The molecule has 0 atom stereocenters. The fourth-order valence-corrected chi connectivity index (χ4v) is 4.78. The van der Waals surface area contributed by atoms with Crippen LogP contribution in [-0.2, 0) is 12.8 Å². The number of carbonyl (C=O) groups excluding carboxylic acids is 1. The molecule has 0 bridgehead atoms. The number of amides is 1. The summed E-state index contributed by atoms with van der Waals surface area (Å²) < 4.78 is 0. The number of thiophene rings is 1. The van der Waals surface area contributed by atoms with E-state index in [9.17, 15) is 4.79 Å². The Morgan fingerprint density at radius 1 is 1.15 bits per heavy atom. The van der Waals surface area contributed by atoms with E-state index in [1.807, 2.05) is 43.0 Å². The van der Waals surface area contributed by atoms with Gasteiger partial charge in [0.05, 0.1) is 5.39 Å². The van der Waals surface area contributed by atoms with Crippen LogP contribution in [0, 0.1) is 0 Å². The van der Waals surface area contributed by atoms with Crippen LogP contribution < -0.4 is 5.32 Å². The number of hydrogen-bond donors (Lipinski definition) is 1. The highest BCUT2D eigenvalue weighted by Crippen LogP contribution is 2.39. The van der Waals surface area contributed by atoms with Gasteiger partial charge in [-0.2, -0.15) is 0 Å². The molecule has 0 unspecified atom stereocenters. The van der Waals surface area contributed by atoms with E-state index < -0.39 is 0 Å². The van der Waals surface area contributed by atoms with Crippen LogP contribution in [0.4, 0.5) is 11.5 Å². The van der Waals surface area contributed by atoms with Crippen molar-refractivity contribution in [3.8, 4) is 0 Å². The Kier molecular flexibility index (Phi) is 4.59. The minimum absolute atomic E-state index is 0.0710. The van der Waals surface area contributed by atoms with Gasteiger partial charge in [0.2, 0.25) is 0 Å². The van der Waals surface area contributed by atoms with Crippen molar-refractivity contribution in [2.45, 2.75) is 33.1 Å². The van der Waals surface area contributed by atoms with Crippen molar-refractivity contribution in [2.75, 3.05) is 18.4 Å². The summed E-state index contributed by atoms with van der Waals surface area (Å²) in [6.07, 6.45) is 5.09. The summed E-state index contributed by atoms with van der Waals surface area (Å²) in [5, 5.41) is 4.58. The third-order valence-corrected chi connectivity index (χ3v) is 6.15. The number of fused-ring (bicyclic) bond motifs is 3. The van der Waals surface area contributed by atoms with Gasteiger partial charge < -0.3 is 10.2 Å². The van der Waals surface area contributed by atoms with E-state index in [1.165, 1.54) is 16.9 Å². The molecule has 0 fully saturated rings. The predicted octanol–water partition coefficient (Wildman–Crippen LogP) is 4.41. The molecule has 0 radical (unpaired) electrons. The van der Waals surface area contributed by atoms with Gasteiger partial charge in [-0.15, -0.1) is 11.3 Å². The third kappa shape index (κ3) is 2.94. The second kappa shape index (κ2) is 7.03. The van der Waals surface area contributed by atoms with Crippen LogP contribution in [0.25, 0.3) is 10.2 Å². The summed E-state index contributed by atoms with van der Waals surface area (Å²) in [5.74, 6) is 0.929. The van der Waals surface area contributed by atoms with Crippen LogP contribution in [0.5, 0.6) is 0 Å². The van der Waals surface area contributed by atoms with Crippen LogP contribution in [0.2, 0.25) is 0 Å². The van der Waals surface area contributed by atoms with Gasteiger partial charge in [0.25, 0.3) is 5.91 Å². The second-order valence-electron chi connectivity index (χ2n) is 6.44.